The quantitative estimate of drug-likeness (QED) is 0.135. The van der Waals surface area contributed by atoms with Gasteiger partial charge in [0.2, 0.25) is 5.91 Å². The van der Waals surface area contributed by atoms with Crippen LogP contribution in [0.3, 0.4) is 0 Å². The number of nitrogens with one attached hydrogen (secondary N) is 3. The van der Waals surface area contributed by atoms with Crippen LogP contribution in [0.25, 0.3) is 0 Å². The van der Waals surface area contributed by atoms with E-state index in [9.17, 15) is 24.9 Å². The molecule has 2 aromatic carbocycles. The first-order chi connectivity index (χ1) is 20.5. The lowest BCUT2D eigenvalue weighted by Crippen LogP contribution is -2.32. The predicted octanol–water partition coefficient (Wildman–Crippen LogP) is 5.21. The fourth-order valence-electron chi connectivity index (χ4n) is 3.91. The van der Waals surface area contributed by atoms with E-state index in [-0.39, 0.29) is 43.4 Å². The van der Waals surface area contributed by atoms with E-state index >= 15 is 0 Å². The third-order valence-electron chi connectivity index (χ3n) is 6.14. The first-order valence-corrected chi connectivity index (χ1v) is 13.8. The number of amides is 1. The van der Waals surface area contributed by atoms with Crippen molar-refractivity contribution in [3.05, 3.63) is 71.3 Å². The molecule has 226 valence electrons. The molecule has 0 atom stereocenters. The molecule has 11 nitrogen and oxygen atoms in total. The summed E-state index contributed by atoms with van der Waals surface area (Å²) in [5, 5.41) is 22.3. The normalized spacial score (nSPS) is 10.0. The van der Waals surface area contributed by atoms with Crippen molar-refractivity contribution in [2.75, 3.05) is 47.4 Å². The molecule has 0 saturated heterocycles. The van der Waals surface area contributed by atoms with E-state index in [0.717, 1.165) is 24.8 Å². The van der Waals surface area contributed by atoms with Crippen LogP contribution < -0.4 is 21.1 Å². The lowest BCUT2D eigenvalue weighted by molar-refractivity contribution is -0.139. The van der Waals surface area contributed by atoms with Crippen LogP contribution in [0, 0.1) is 22.7 Å². The van der Waals surface area contributed by atoms with Gasteiger partial charge in [-0.1, -0.05) is 26.5 Å². The van der Waals surface area contributed by atoms with Gasteiger partial charge >= 0.3 is 11.9 Å². The maximum atomic E-state index is 12.1. The number of nitrogens with zero attached hydrogens (tertiary/aromatic N) is 3. The molecular formula is C32H38N6O5. The average molecular weight is 587 g/mol. The molecule has 0 heterocycles. The minimum absolute atomic E-state index is 0.0410. The summed E-state index contributed by atoms with van der Waals surface area (Å²) >= 11 is 0. The van der Waals surface area contributed by atoms with Crippen LogP contribution in [-0.4, -0.2) is 44.1 Å². The predicted molar refractivity (Wildman–Crippen MR) is 166 cm³/mol. The van der Waals surface area contributed by atoms with Crippen LogP contribution in [-0.2, 0) is 30.3 Å². The number of carbonyl (C=O) groups is 3. The van der Waals surface area contributed by atoms with E-state index in [4.69, 9.17) is 9.47 Å². The van der Waals surface area contributed by atoms with Gasteiger partial charge in [0.1, 0.15) is 25.4 Å². The molecule has 0 saturated carbocycles. The number of carbonyl (C=O) groups excluding carboxylic acids is 3. The SMILES string of the molecule is C=C(C)C(=O)OCCN(CCOC(=O)C(=C)C)c1ccc(NNc2c(C#N)cc(CCCC)cc2C#N)c(NC(C)=O)c1. The Balaban J connectivity index is 2.36. The van der Waals surface area contributed by atoms with Crippen molar-refractivity contribution in [2.45, 2.75) is 47.0 Å². The fourth-order valence-corrected chi connectivity index (χ4v) is 3.91. The summed E-state index contributed by atoms with van der Waals surface area (Å²) in [7, 11) is 0. The molecule has 2 rings (SSSR count). The Bertz CT molecular complexity index is 1390. The van der Waals surface area contributed by atoms with Crippen molar-refractivity contribution in [1.82, 2.24) is 0 Å². The molecule has 0 unspecified atom stereocenters. The molecule has 0 spiro atoms. The first kappa shape index (κ1) is 33.9. The van der Waals surface area contributed by atoms with E-state index in [0.29, 0.717) is 33.9 Å². The first-order valence-electron chi connectivity index (χ1n) is 13.8. The van der Waals surface area contributed by atoms with Crippen molar-refractivity contribution < 1.29 is 23.9 Å². The Morgan fingerprint density at radius 2 is 1.42 bits per heavy atom. The minimum atomic E-state index is -0.523. The summed E-state index contributed by atoms with van der Waals surface area (Å²) in [5.41, 5.74) is 9.89. The number of aryl methyl sites for hydroxylation is 1. The van der Waals surface area contributed by atoms with Gasteiger partial charge in [0, 0.05) is 23.8 Å². The molecule has 0 radical (unpaired) electrons. The van der Waals surface area contributed by atoms with Crippen LogP contribution in [0.1, 0.15) is 57.2 Å². The Labute approximate surface area is 252 Å². The number of hydrogen-bond acceptors (Lipinski definition) is 10. The van der Waals surface area contributed by atoms with E-state index in [2.05, 4.69) is 48.4 Å². The van der Waals surface area contributed by atoms with Gasteiger partial charge in [-0.25, -0.2) is 9.59 Å². The number of unbranched alkanes of at least 4 members (excludes halogenated alkanes) is 1. The molecule has 43 heavy (non-hydrogen) atoms. The second-order valence-corrected chi connectivity index (χ2v) is 9.87. The standard InChI is InChI=1S/C32H38N6O5/c1-7-8-9-24-16-25(19-33)30(26(17-24)20-34)37-36-28-11-10-27(18-29(28)35-23(6)39)38(12-14-42-31(40)21(2)3)13-15-43-32(41)22(4)5/h10-11,16-18,36-37H,2,4,7-9,12-15H2,1,3,5-6H3,(H,35,39). The zero-order chi connectivity index (χ0) is 31.9. The summed E-state index contributed by atoms with van der Waals surface area (Å²) < 4.78 is 10.5. The number of hydrazine groups is 1. The van der Waals surface area contributed by atoms with Gasteiger partial charge in [0.05, 0.1) is 41.3 Å². The molecule has 0 bridgehead atoms. The third kappa shape index (κ3) is 10.6. The van der Waals surface area contributed by atoms with Crippen LogP contribution >= 0.6 is 0 Å². The highest BCUT2D eigenvalue weighted by atomic mass is 16.5. The van der Waals surface area contributed by atoms with Gasteiger partial charge in [-0.3, -0.25) is 15.6 Å². The molecule has 3 N–H and O–H groups in total. The smallest absolute Gasteiger partial charge is 0.333 e. The molecule has 0 aromatic heterocycles. The number of nitriles is 2. The molecule has 1 amide bonds. The van der Waals surface area contributed by atoms with E-state index in [1.165, 1.54) is 6.92 Å². The number of esters is 2. The van der Waals surface area contributed by atoms with Crippen molar-refractivity contribution >= 4 is 40.6 Å². The topological polar surface area (TPSA) is 157 Å². The Hall–Kier alpha value is -5.29. The number of benzene rings is 2. The fraction of sp³-hybridized carbons (Fsp3) is 0.344. The zero-order valence-electron chi connectivity index (χ0n) is 25.1. The highest BCUT2D eigenvalue weighted by Gasteiger charge is 2.16. The Kier molecular flexibility index (Phi) is 13.3. The van der Waals surface area contributed by atoms with Crippen LogP contribution in [0.4, 0.5) is 22.7 Å². The summed E-state index contributed by atoms with van der Waals surface area (Å²) in [6, 6.07) is 13.0. The van der Waals surface area contributed by atoms with Crippen LogP contribution in [0.15, 0.2) is 54.6 Å². The summed E-state index contributed by atoms with van der Waals surface area (Å²) in [5.74, 6) is -1.37. The summed E-state index contributed by atoms with van der Waals surface area (Å²) in [4.78, 5) is 37.7. The van der Waals surface area contributed by atoms with Crippen molar-refractivity contribution in [3.8, 4) is 12.1 Å². The Morgan fingerprint density at radius 1 is 0.860 bits per heavy atom. The highest BCUT2D eigenvalue weighted by molar-refractivity contribution is 5.94. The minimum Gasteiger partial charge on any atom is -0.460 e. The number of anilines is 4. The lowest BCUT2D eigenvalue weighted by atomic mass is 10.0. The van der Waals surface area contributed by atoms with Gasteiger partial charge in [-0.2, -0.15) is 10.5 Å². The molecule has 2 aromatic rings. The molecule has 0 aliphatic carbocycles. The average Bonchev–Trinajstić information content (AvgIpc) is 2.97. The summed E-state index contributed by atoms with van der Waals surface area (Å²) in [6.07, 6.45) is 2.69. The second kappa shape index (κ2) is 16.8. The lowest BCUT2D eigenvalue weighted by Gasteiger charge is -2.26. The monoisotopic (exact) mass is 586 g/mol. The van der Waals surface area contributed by atoms with Crippen LogP contribution in [0.2, 0.25) is 0 Å². The maximum absolute atomic E-state index is 12.1. The molecular weight excluding hydrogens is 548 g/mol. The van der Waals surface area contributed by atoms with Gasteiger partial charge in [-0.15, -0.1) is 0 Å². The zero-order valence-corrected chi connectivity index (χ0v) is 25.1. The van der Waals surface area contributed by atoms with E-state index < -0.39 is 11.9 Å². The number of rotatable bonds is 16. The van der Waals surface area contributed by atoms with Crippen molar-refractivity contribution in [1.29, 1.82) is 10.5 Å². The van der Waals surface area contributed by atoms with E-state index in [1.54, 1.807) is 44.2 Å². The van der Waals surface area contributed by atoms with Gasteiger partial charge in [-0.05, 0) is 62.6 Å². The van der Waals surface area contributed by atoms with Gasteiger partial charge in [0.25, 0.3) is 0 Å². The molecule has 0 aliphatic heterocycles. The van der Waals surface area contributed by atoms with E-state index in [1.807, 2.05) is 4.90 Å². The molecule has 0 fully saturated rings. The highest BCUT2D eigenvalue weighted by Crippen LogP contribution is 2.30. The van der Waals surface area contributed by atoms with Crippen molar-refractivity contribution in [3.63, 3.8) is 0 Å². The van der Waals surface area contributed by atoms with Gasteiger partial charge < -0.3 is 19.7 Å². The third-order valence-corrected chi connectivity index (χ3v) is 6.14. The van der Waals surface area contributed by atoms with Gasteiger partial charge in [0.15, 0.2) is 0 Å². The molecule has 11 heteroatoms. The second-order valence-electron chi connectivity index (χ2n) is 9.87. The van der Waals surface area contributed by atoms with Crippen LogP contribution in [0.5, 0.6) is 0 Å². The maximum Gasteiger partial charge on any atom is 0.333 e. The Morgan fingerprint density at radius 3 is 1.88 bits per heavy atom. The molecule has 0 aliphatic rings. The summed E-state index contributed by atoms with van der Waals surface area (Å²) in [6.45, 7) is 14.3. The number of hydrogen-bond donors (Lipinski definition) is 3. The number of ether oxygens (including phenoxy) is 2. The van der Waals surface area contributed by atoms with Crippen molar-refractivity contribution in [2.24, 2.45) is 0 Å². The largest absolute Gasteiger partial charge is 0.460 e.